The van der Waals surface area contributed by atoms with Gasteiger partial charge in [0.2, 0.25) is 0 Å². The molecule has 0 bridgehead atoms. The zero-order valence-corrected chi connectivity index (χ0v) is 15.8. The molecule has 0 unspecified atom stereocenters. The minimum atomic E-state index is -1.29. The first kappa shape index (κ1) is 19.0. The second kappa shape index (κ2) is 8.28. The second-order valence-corrected chi connectivity index (χ2v) is 7.02. The summed E-state index contributed by atoms with van der Waals surface area (Å²) in [6.45, 7) is -0.511. The lowest BCUT2D eigenvalue weighted by atomic mass is 10.2. The summed E-state index contributed by atoms with van der Waals surface area (Å²) in [5.41, 5.74) is 1.45. The second-order valence-electron chi connectivity index (χ2n) is 5.58. The molecule has 1 aliphatic rings. The average Bonchev–Trinajstić information content (AvgIpc) is 2.89. The number of rotatable bonds is 5. The van der Waals surface area contributed by atoms with E-state index in [4.69, 9.17) is 16.3 Å². The maximum absolute atomic E-state index is 12.5. The Labute approximate surface area is 165 Å². The van der Waals surface area contributed by atoms with Crippen LogP contribution >= 0.6 is 23.4 Å². The largest absolute Gasteiger partial charge is 0.546 e. The molecule has 1 saturated heterocycles. The van der Waals surface area contributed by atoms with Crippen molar-refractivity contribution < 1.29 is 19.4 Å². The summed E-state index contributed by atoms with van der Waals surface area (Å²) in [6.07, 6.45) is 1.74. The Morgan fingerprint density at radius 1 is 1.30 bits per heavy atom. The van der Waals surface area contributed by atoms with Gasteiger partial charge in [0, 0.05) is 12.1 Å². The van der Waals surface area contributed by atoms with Crippen molar-refractivity contribution in [2.75, 3.05) is 13.7 Å². The summed E-state index contributed by atoms with van der Waals surface area (Å²) < 4.78 is 5.03. The Bertz CT molecular complexity index is 941. The fraction of sp³-hybridized carbons (Fsp3) is 0.105. The molecule has 2 aromatic carbocycles. The fourth-order valence-corrected chi connectivity index (χ4v) is 3.43. The van der Waals surface area contributed by atoms with Gasteiger partial charge in [0.05, 0.1) is 16.6 Å². The molecule has 1 heterocycles. The molecule has 1 amide bonds. The lowest BCUT2D eigenvalue weighted by Crippen LogP contribution is -2.28. The van der Waals surface area contributed by atoms with Gasteiger partial charge in [0.15, 0.2) is 5.17 Å². The van der Waals surface area contributed by atoms with E-state index in [1.807, 2.05) is 6.07 Å². The average molecular weight is 402 g/mol. The number of carbonyl (C=O) groups excluding carboxylic acids is 2. The van der Waals surface area contributed by atoms with Crippen LogP contribution in [0.2, 0.25) is 5.02 Å². The van der Waals surface area contributed by atoms with Crippen molar-refractivity contribution in [1.82, 2.24) is 4.90 Å². The van der Waals surface area contributed by atoms with Crippen molar-refractivity contribution in [3.8, 4) is 5.75 Å². The number of amides is 1. The van der Waals surface area contributed by atoms with Gasteiger partial charge in [0.1, 0.15) is 12.4 Å². The number of likely N-dealkylation sites (N-methyl/N-ethyl adjacent to an activating group) is 1. The number of hydrogen-bond acceptors (Lipinski definition) is 6. The molecule has 0 N–H and O–H groups in total. The molecular weight excluding hydrogens is 388 g/mol. The van der Waals surface area contributed by atoms with Crippen molar-refractivity contribution in [1.29, 1.82) is 0 Å². The Morgan fingerprint density at radius 2 is 2.04 bits per heavy atom. The number of carboxylic acid groups (broad SMARTS) is 1. The minimum Gasteiger partial charge on any atom is -0.546 e. The number of carboxylic acids is 1. The van der Waals surface area contributed by atoms with E-state index in [0.717, 1.165) is 5.56 Å². The Hall–Kier alpha value is -2.77. The van der Waals surface area contributed by atoms with Crippen LogP contribution < -0.4 is 9.84 Å². The zero-order chi connectivity index (χ0) is 19.4. The van der Waals surface area contributed by atoms with Gasteiger partial charge in [-0.2, -0.15) is 0 Å². The highest BCUT2D eigenvalue weighted by Gasteiger charge is 2.30. The van der Waals surface area contributed by atoms with Crippen LogP contribution in [0, 0.1) is 0 Å². The summed E-state index contributed by atoms with van der Waals surface area (Å²) in [4.78, 5) is 29.3. The van der Waals surface area contributed by atoms with Crippen LogP contribution in [0.4, 0.5) is 5.69 Å². The molecule has 27 heavy (non-hydrogen) atoms. The highest BCUT2D eigenvalue weighted by Crippen LogP contribution is 2.33. The lowest BCUT2D eigenvalue weighted by Gasteiger charge is -2.07. The van der Waals surface area contributed by atoms with Gasteiger partial charge in [-0.15, -0.1) is 0 Å². The predicted octanol–water partition coefficient (Wildman–Crippen LogP) is 2.70. The van der Waals surface area contributed by atoms with Crippen LogP contribution in [0.5, 0.6) is 5.75 Å². The van der Waals surface area contributed by atoms with Gasteiger partial charge in [-0.3, -0.25) is 9.69 Å². The number of thioether (sulfide) groups is 1. The summed E-state index contributed by atoms with van der Waals surface area (Å²) >= 11 is 7.24. The molecule has 0 aliphatic carbocycles. The molecule has 1 fully saturated rings. The number of aliphatic carboxylic acids is 1. The van der Waals surface area contributed by atoms with Gasteiger partial charge < -0.3 is 14.6 Å². The smallest absolute Gasteiger partial charge is 0.266 e. The first-order chi connectivity index (χ1) is 12.9. The Morgan fingerprint density at radius 3 is 2.70 bits per heavy atom. The molecule has 0 spiro atoms. The number of amidine groups is 1. The molecule has 6 nitrogen and oxygen atoms in total. The predicted molar refractivity (Wildman–Crippen MR) is 104 cm³/mol. The van der Waals surface area contributed by atoms with Gasteiger partial charge >= 0.3 is 0 Å². The number of aliphatic imine (C=N–C) groups is 1. The van der Waals surface area contributed by atoms with Crippen molar-refractivity contribution in [2.45, 2.75) is 0 Å². The van der Waals surface area contributed by atoms with Gasteiger partial charge in [-0.05, 0) is 53.7 Å². The molecule has 8 heteroatoms. The van der Waals surface area contributed by atoms with Gasteiger partial charge in [-0.1, -0.05) is 29.8 Å². The highest BCUT2D eigenvalue weighted by molar-refractivity contribution is 8.18. The number of nitrogens with zero attached hydrogens (tertiary/aromatic N) is 2. The Balaban J connectivity index is 1.77. The third kappa shape index (κ3) is 4.90. The number of hydrogen-bond donors (Lipinski definition) is 0. The molecule has 1 aliphatic heterocycles. The van der Waals surface area contributed by atoms with Crippen LogP contribution in [-0.2, 0) is 9.59 Å². The number of benzene rings is 2. The minimum absolute atomic E-state index is 0.155. The number of ether oxygens (including phenoxy) is 1. The summed E-state index contributed by atoms with van der Waals surface area (Å²) in [5, 5.41) is 11.5. The van der Waals surface area contributed by atoms with Crippen molar-refractivity contribution in [3.05, 3.63) is 64.0 Å². The van der Waals surface area contributed by atoms with E-state index in [1.54, 1.807) is 55.6 Å². The lowest BCUT2D eigenvalue weighted by molar-refractivity contribution is -0.307. The molecule has 3 rings (SSSR count). The first-order valence-electron chi connectivity index (χ1n) is 7.87. The third-order valence-corrected chi connectivity index (χ3v) is 4.87. The fourth-order valence-electron chi connectivity index (χ4n) is 2.26. The molecule has 138 valence electrons. The summed E-state index contributed by atoms with van der Waals surface area (Å²) in [5.74, 6) is -1.03. The molecular formula is C19H14ClN2O4S-. The van der Waals surface area contributed by atoms with E-state index in [1.165, 1.54) is 16.7 Å². The normalized spacial score (nSPS) is 17.0. The number of carbonyl (C=O) groups is 2. The number of halogens is 1. The molecule has 0 radical (unpaired) electrons. The van der Waals surface area contributed by atoms with Crippen molar-refractivity contribution in [2.24, 2.45) is 4.99 Å². The maximum atomic E-state index is 12.5. The first-order valence-corrected chi connectivity index (χ1v) is 9.06. The van der Waals surface area contributed by atoms with E-state index in [0.29, 0.717) is 26.5 Å². The van der Waals surface area contributed by atoms with Crippen LogP contribution in [0.15, 0.2) is 58.4 Å². The molecule has 0 aromatic heterocycles. The summed E-state index contributed by atoms with van der Waals surface area (Å²) in [7, 11) is 1.66. The standard InChI is InChI=1S/C19H15ClN2O4S/c1-22-18(25)16(27-19(22)21-14-4-2-3-13(20)10-14)9-12-5-7-15(8-6-12)26-11-17(23)24/h2-10H,11H2,1H3,(H,23,24)/p-1/b16-9+,21-19?. The van der Waals surface area contributed by atoms with Crippen LogP contribution in [0.3, 0.4) is 0 Å². The SMILES string of the molecule is CN1C(=O)/C(=C\c2ccc(OCC(=O)[O-])cc2)SC1=Nc1cccc(Cl)c1. The quantitative estimate of drug-likeness (QED) is 0.719. The Kier molecular flexibility index (Phi) is 5.83. The third-order valence-electron chi connectivity index (χ3n) is 3.57. The van der Waals surface area contributed by atoms with Gasteiger partial charge in [-0.25, -0.2) is 4.99 Å². The van der Waals surface area contributed by atoms with Crippen LogP contribution in [0.25, 0.3) is 6.08 Å². The van der Waals surface area contributed by atoms with E-state index < -0.39 is 12.6 Å². The molecule has 0 atom stereocenters. The molecule has 2 aromatic rings. The van der Waals surface area contributed by atoms with Crippen LogP contribution in [0.1, 0.15) is 5.56 Å². The van der Waals surface area contributed by atoms with Crippen LogP contribution in [-0.4, -0.2) is 35.6 Å². The monoisotopic (exact) mass is 401 g/mol. The summed E-state index contributed by atoms with van der Waals surface area (Å²) in [6, 6.07) is 13.8. The highest BCUT2D eigenvalue weighted by atomic mass is 35.5. The van der Waals surface area contributed by atoms with E-state index >= 15 is 0 Å². The van der Waals surface area contributed by atoms with Crippen molar-refractivity contribution in [3.63, 3.8) is 0 Å². The molecule has 0 saturated carbocycles. The van der Waals surface area contributed by atoms with Crippen molar-refractivity contribution >= 4 is 52.2 Å². The van der Waals surface area contributed by atoms with E-state index in [9.17, 15) is 14.7 Å². The zero-order valence-electron chi connectivity index (χ0n) is 14.2. The van der Waals surface area contributed by atoms with E-state index in [2.05, 4.69) is 4.99 Å². The van der Waals surface area contributed by atoms with E-state index in [-0.39, 0.29) is 5.91 Å². The topological polar surface area (TPSA) is 82.0 Å². The van der Waals surface area contributed by atoms with Gasteiger partial charge in [0.25, 0.3) is 5.91 Å². The maximum Gasteiger partial charge on any atom is 0.266 e.